The molecule has 1 aromatic carbocycles. The monoisotopic (exact) mass is 500 g/mol. The molecule has 0 saturated carbocycles. The van der Waals surface area contributed by atoms with Crippen molar-refractivity contribution in [1.29, 1.82) is 0 Å². The van der Waals surface area contributed by atoms with Crippen LogP contribution in [0, 0.1) is 5.41 Å². The zero-order valence-corrected chi connectivity index (χ0v) is 21.3. The van der Waals surface area contributed by atoms with Crippen LogP contribution in [0.25, 0.3) is 0 Å². The number of nitrogens with one attached hydrogen (secondary N) is 1. The van der Waals surface area contributed by atoms with E-state index in [4.69, 9.17) is 10.5 Å². The third-order valence-corrected chi connectivity index (χ3v) is 7.64. The van der Waals surface area contributed by atoms with E-state index in [1.807, 2.05) is 46.3 Å². The Hall–Kier alpha value is -2.59. The van der Waals surface area contributed by atoms with E-state index in [1.165, 1.54) is 0 Å². The number of aromatic nitrogens is 3. The third-order valence-electron chi connectivity index (χ3n) is 6.99. The van der Waals surface area contributed by atoms with E-state index in [2.05, 4.69) is 15.6 Å². The molecular weight excluding hydrogens is 464 g/mol. The number of nitrogens with two attached hydrogens (primary N) is 1. The first kappa shape index (κ1) is 25.5. The topological polar surface area (TPSA) is 115 Å². The van der Waals surface area contributed by atoms with Crippen LogP contribution >= 0.6 is 11.8 Å². The van der Waals surface area contributed by atoms with Crippen molar-refractivity contribution in [3.63, 3.8) is 0 Å². The molecular formula is C25H36N6O3S. The number of likely N-dealkylation sites (tertiary alicyclic amines) is 1. The van der Waals surface area contributed by atoms with Crippen molar-refractivity contribution in [2.75, 3.05) is 38.2 Å². The molecule has 3 aliphatic rings. The van der Waals surface area contributed by atoms with Crippen LogP contribution in [0.4, 0.5) is 0 Å². The molecule has 4 bridgehead atoms. The van der Waals surface area contributed by atoms with Crippen molar-refractivity contribution in [2.45, 2.75) is 51.1 Å². The summed E-state index contributed by atoms with van der Waals surface area (Å²) in [6.45, 7) is 2.88. The van der Waals surface area contributed by atoms with Gasteiger partial charge in [-0.25, -0.2) is 0 Å². The summed E-state index contributed by atoms with van der Waals surface area (Å²) in [5.41, 5.74) is 7.47. The smallest absolute Gasteiger partial charge is 0.239 e. The predicted molar refractivity (Wildman–Crippen MR) is 136 cm³/mol. The minimum absolute atomic E-state index is 0.0183. The fourth-order valence-corrected chi connectivity index (χ4v) is 5.28. The third kappa shape index (κ3) is 6.55. The lowest BCUT2D eigenvalue weighted by molar-refractivity contribution is -0.141. The minimum atomic E-state index is -0.623. The van der Waals surface area contributed by atoms with E-state index in [-0.39, 0.29) is 11.8 Å². The van der Waals surface area contributed by atoms with Crippen LogP contribution in [-0.2, 0) is 29.0 Å². The van der Waals surface area contributed by atoms with Crippen LogP contribution in [0.5, 0.6) is 5.75 Å². The fraction of sp³-hybridized carbons (Fsp3) is 0.600. The number of fused-ring (bicyclic) bond motifs is 8. The maximum absolute atomic E-state index is 13.5. The van der Waals surface area contributed by atoms with Gasteiger partial charge in [0.1, 0.15) is 5.75 Å². The highest BCUT2D eigenvalue weighted by Crippen LogP contribution is 2.35. The van der Waals surface area contributed by atoms with Crippen molar-refractivity contribution in [3.8, 4) is 5.75 Å². The number of piperidine rings is 1. The Kier molecular flexibility index (Phi) is 8.67. The molecule has 4 heterocycles. The molecule has 2 aromatic rings. The van der Waals surface area contributed by atoms with E-state index in [9.17, 15) is 9.59 Å². The first-order chi connectivity index (χ1) is 17.0. The SMILES string of the molecule is CSCC[C@H](N)C(=O)N1CCC2(CC1)Cc1cn(nn1)CCCOc1ccc(cc1)CCNC2=O. The summed E-state index contributed by atoms with van der Waals surface area (Å²) in [5.74, 6) is 1.71. The molecule has 0 aliphatic carbocycles. The van der Waals surface area contributed by atoms with Gasteiger partial charge in [0.25, 0.3) is 0 Å². The molecule has 0 radical (unpaired) electrons. The Bertz CT molecular complexity index is 987. The number of hydrogen-bond donors (Lipinski definition) is 2. The molecule has 9 nitrogen and oxygen atoms in total. The second-order valence-electron chi connectivity index (χ2n) is 9.50. The normalized spacial score (nSPS) is 19.6. The molecule has 1 fully saturated rings. The van der Waals surface area contributed by atoms with Crippen molar-refractivity contribution in [1.82, 2.24) is 25.2 Å². The Morgan fingerprint density at radius 3 is 2.77 bits per heavy atom. The average Bonchev–Trinajstić information content (AvgIpc) is 3.32. The molecule has 0 unspecified atom stereocenters. The molecule has 190 valence electrons. The van der Waals surface area contributed by atoms with Gasteiger partial charge in [-0.3, -0.25) is 14.3 Å². The number of thioether (sulfide) groups is 1. The second-order valence-corrected chi connectivity index (χ2v) is 10.5. The van der Waals surface area contributed by atoms with Gasteiger partial charge >= 0.3 is 0 Å². The van der Waals surface area contributed by atoms with Crippen LogP contribution < -0.4 is 15.8 Å². The number of ether oxygens (including phenoxy) is 1. The van der Waals surface area contributed by atoms with Crippen molar-refractivity contribution in [2.24, 2.45) is 11.1 Å². The van der Waals surface area contributed by atoms with Gasteiger partial charge in [-0.05, 0) is 55.4 Å². The number of nitrogens with zero attached hydrogens (tertiary/aromatic N) is 4. The number of rotatable bonds is 4. The van der Waals surface area contributed by atoms with Crippen molar-refractivity contribution >= 4 is 23.6 Å². The molecule has 1 atom stereocenters. The highest BCUT2D eigenvalue weighted by Gasteiger charge is 2.43. The van der Waals surface area contributed by atoms with Crippen LogP contribution in [0.2, 0.25) is 0 Å². The van der Waals surface area contributed by atoms with E-state index >= 15 is 0 Å². The number of hydrogen-bond acceptors (Lipinski definition) is 7. The Balaban J connectivity index is 1.48. The standard InChI is InChI=1S/C25H36N6O3S/c1-35-16-8-22(26)23(32)30-13-9-25(10-14-30)17-20-18-31(29-28-20)12-2-15-34-21-5-3-19(4-6-21)7-11-27-24(25)33/h3-6,18,22H,2,7-17,26H2,1H3,(H,27,33)/t22-/m0/s1. The summed E-state index contributed by atoms with van der Waals surface area (Å²) < 4.78 is 7.65. The van der Waals surface area contributed by atoms with Gasteiger partial charge in [0, 0.05) is 45.2 Å². The number of amides is 2. The summed E-state index contributed by atoms with van der Waals surface area (Å²) in [5, 5.41) is 11.8. The Labute approximate surface area is 211 Å². The van der Waals surface area contributed by atoms with Crippen LogP contribution in [0.1, 0.15) is 36.9 Å². The lowest BCUT2D eigenvalue weighted by atomic mass is 9.73. The van der Waals surface area contributed by atoms with Gasteiger partial charge in [-0.15, -0.1) is 5.10 Å². The average molecular weight is 501 g/mol. The van der Waals surface area contributed by atoms with Gasteiger partial charge in [-0.1, -0.05) is 17.3 Å². The highest BCUT2D eigenvalue weighted by molar-refractivity contribution is 7.98. The van der Waals surface area contributed by atoms with Crippen molar-refractivity contribution in [3.05, 3.63) is 41.7 Å². The molecule has 1 spiro atoms. The summed E-state index contributed by atoms with van der Waals surface area (Å²) in [6.07, 6.45) is 7.82. The minimum Gasteiger partial charge on any atom is -0.494 e. The van der Waals surface area contributed by atoms with E-state index in [0.29, 0.717) is 58.5 Å². The Morgan fingerprint density at radius 1 is 1.26 bits per heavy atom. The summed E-state index contributed by atoms with van der Waals surface area (Å²) in [4.78, 5) is 28.2. The second kappa shape index (κ2) is 11.9. The number of benzene rings is 1. The highest BCUT2D eigenvalue weighted by atomic mass is 32.2. The van der Waals surface area contributed by atoms with Gasteiger partial charge < -0.3 is 20.7 Å². The summed E-state index contributed by atoms with van der Waals surface area (Å²) in [7, 11) is 0. The first-order valence-electron chi connectivity index (χ1n) is 12.4. The lowest BCUT2D eigenvalue weighted by Gasteiger charge is -2.41. The molecule has 35 heavy (non-hydrogen) atoms. The predicted octanol–water partition coefficient (Wildman–Crippen LogP) is 1.65. The zero-order valence-electron chi connectivity index (χ0n) is 20.4. The molecule has 10 heteroatoms. The molecule has 5 rings (SSSR count). The maximum Gasteiger partial charge on any atom is 0.239 e. The molecule has 3 N–H and O–H groups in total. The largest absolute Gasteiger partial charge is 0.494 e. The number of aryl methyl sites for hydroxylation is 1. The quantitative estimate of drug-likeness (QED) is 0.656. The molecule has 2 amide bonds. The van der Waals surface area contributed by atoms with E-state index in [1.54, 1.807) is 11.8 Å². The van der Waals surface area contributed by atoms with Crippen LogP contribution in [0.15, 0.2) is 30.5 Å². The fourth-order valence-electron chi connectivity index (χ4n) is 4.79. The van der Waals surface area contributed by atoms with Crippen LogP contribution in [-0.4, -0.2) is 76.0 Å². The lowest BCUT2D eigenvalue weighted by Crippen LogP contribution is -2.54. The van der Waals surface area contributed by atoms with E-state index < -0.39 is 11.5 Å². The summed E-state index contributed by atoms with van der Waals surface area (Å²) >= 11 is 1.69. The number of carbonyl (C=O) groups is 2. The number of carbonyl (C=O) groups excluding carboxylic acids is 2. The molecule has 1 saturated heterocycles. The van der Waals surface area contributed by atoms with Gasteiger partial charge in [0.2, 0.25) is 11.8 Å². The molecule has 1 aromatic heterocycles. The van der Waals surface area contributed by atoms with E-state index in [0.717, 1.165) is 35.6 Å². The van der Waals surface area contributed by atoms with Gasteiger partial charge in [0.15, 0.2) is 0 Å². The maximum atomic E-state index is 13.5. The van der Waals surface area contributed by atoms with Crippen LogP contribution in [0.3, 0.4) is 0 Å². The molecule has 3 aliphatic heterocycles. The van der Waals surface area contributed by atoms with Gasteiger partial charge in [-0.2, -0.15) is 11.8 Å². The summed E-state index contributed by atoms with van der Waals surface area (Å²) in [6, 6.07) is 7.55. The zero-order chi connectivity index (χ0) is 24.7. The van der Waals surface area contributed by atoms with Crippen molar-refractivity contribution < 1.29 is 14.3 Å². The Morgan fingerprint density at radius 2 is 2.03 bits per heavy atom. The first-order valence-corrected chi connectivity index (χ1v) is 13.8. The van der Waals surface area contributed by atoms with Gasteiger partial charge in [0.05, 0.1) is 23.8 Å².